The zero-order valence-corrected chi connectivity index (χ0v) is 13.3. The molecule has 2 rings (SSSR count). The maximum Gasteiger partial charge on any atom is 0.302 e. The van der Waals surface area contributed by atoms with Crippen LogP contribution in [0.25, 0.3) is 0 Å². The standard InChI is InChI=1S/C15H13BrO4S/c16-13-8-6-11(7-9-13)14(17)10-15(20-21(18)19)12-4-2-1-3-5-12/h1-9,15H,10H2,(H,18,19). The van der Waals surface area contributed by atoms with Crippen molar-refractivity contribution in [1.82, 2.24) is 0 Å². The largest absolute Gasteiger partial charge is 0.302 e. The van der Waals surface area contributed by atoms with E-state index in [2.05, 4.69) is 15.9 Å². The Labute approximate surface area is 133 Å². The lowest BCUT2D eigenvalue weighted by atomic mass is 10.0. The average Bonchev–Trinajstić information content (AvgIpc) is 2.47. The number of ketones is 1. The summed E-state index contributed by atoms with van der Waals surface area (Å²) in [6.45, 7) is 0. The van der Waals surface area contributed by atoms with Gasteiger partial charge in [0.25, 0.3) is 0 Å². The Morgan fingerprint density at radius 1 is 1.14 bits per heavy atom. The molecule has 2 atom stereocenters. The third kappa shape index (κ3) is 4.86. The molecule has 0 amide bonds. The molecule has 0 saturated heterocycles. The van der Waals surface area contributed by atoms with E-state index in [1.54, 1.807) is 48.5 Å². The van der Waals surface area contributed by atoms with E-state index in [0.29, 0.717) is 11.1 Å². The lowest BCUT2D eigenvalue weighted by molar-refractivity contribution is 0.0911. The summed E-state index contributed by atoms with van der Waals surface area (Å²) in [6, 6.07) is 15.9. The maximum atomic E-state index is 12.2. The summed E-state index contributed by atoms with van der Waals surface area (Å²) in [6.07, 6.45) is -0.758. The Morgan fingerprint density at radius 2 is 1.76 bits per heavy atom. The first kappa shape index (κ1) is 16.0. The predicted molar refractivity (Wildman–Crippen MR) is 84.1 cm³/mol. The van der Waals surface area contributed by atoms with Crippen LogP contribution in [0.1, 0.15) is 28.4 Å². The fraction of sp³-hybridized carbons (Fsp3) is 0.133. The molecule has 0 radical (unpaired) electrons. The highest BCUT2D eigenvalue weighted by Crippen LogP contribution is 2.24. The number of benzene rings is 2. The maximum absolute atomic E-state index is 12.2. The second-order valence-electron chi connectivity index (χ2n) is 4.35. The van der Waals surface area contributed by atoms with Crippen molar-refractivity contribution < 1.29 is 17.7 Å². The van der Waals surface area contributed by atoms with E-state index in [1.807, 2.05) is 6.07 Å². The summed E-state index contributed by atoms with van der Waals surface area (Å²) in [7, 11) is 0. The highest BCUT2D eigenvalue weighted by atomic mass is 79.9. The van der Waals surface area contributed by atoms with Crippen LogP contribution < -0.4 is 0 Å². The summed E-state index contributed by atoms with van der Waals surface area (Å²) < 4.78 is 25.7. The van der Waals surface area contributed by atoms with Gasteiger partial charge in [0.15, 0.2) is 5.78 Å². The van der Waals surface area contributed by atoms with Gasteiger partial charge in [-0.25, -0.2) is 0 Å². The minimum Gasteiger partial charge on any atom is -0.294 e. The fourth-order valence-electron chi connectivity index (χ4n) is 1.90. The highest BCUT2D eigenvalue weighted by Gasteiger charge is 2.20. The Morgan fingerprint density at radius 3 is 2.33 bits per heavy atom. The number of carbonyl (C=O) groups is 1. The number of hydrogen-bond acceptors (Lipinski definition) is 3. The molecule has 2 unspecified atom stereocenters. The lowest BCUT2D eigenvalue weighted by Crippen LogP contribution is -2.12. The molecule has 0 aliphatic carbocycles. The number of carbonyl (C=O) groups excluding carboxylic acids is 1. The summed E-state index contributed by atoms with van der Waals surface area (Å²) in [5, 5.41) is 0. The quantitative estimate of drug-likeness (QED) is 0.619. The van der Waals surface area contributed by atoms with Crippen molar-refractivity contribution in [3.8, 4) is 0 Å². The molecule has 2 aromatic rings. The molecule has 21 heavy (non-hydrogen) atoms. The van der Waals surface area contributed by atoms with Crippen LogP contribution in [0.4, 0.5) is 0 Å². The molecule has 110 valence electrons. The first-order valence-electron chi connectivity index (χ1n) is 6.18. The van der Waals surface area contributed by atoms with Crippen LogP contribution in [0.3, 0.4) is 0 Å². The van der Waals surface area contributed by atoms with E-state index in [1.165, 1.54) is 0 Å². The summed E-state index contributed by atoms with van der Waals surface area (Å²) >= 11 is 0.873. The zero-order chi connectivity index (χ0) is 15.2. The summed E-state index contributed by atoms with van der Waals surface area (Å²) in [5.41, 5.74) is 1.22. The minimum absolute atomic E-state index is 0.00204. The van der Waals surface area contributed by atoms with Crippen LogP contribution in [0.5, 0.6) is 0 Å². The van der Waals surface area contributed by atoms with Crippen molar-refractivity contribution in [3.05, 3.63) is 70.2 Å². The first-order valence-corrected chi connectivity index (χ1v) is 8.00. The average molecular weight is 369 g/mol. The van der Waals surface area contributed by atoms with Crippen molar-refractivity contribution in [2.75, 3.05) is 0 Å². The molecule has 0 aliphatic rings. The van der Waals surface area contributed by atoms with Gasteiger partial charge in [-0.3, -0.25) is 13.5 Å². The van der Waals surface area contributed by atoms with Crippen LogP contribution in [-0.2, 0) is 15.5 Å². The van der Waals surface area contributed by atoms with Gasteiger partial charge in [-0.1, -0.05) is 58.4 Å². The molecule has 4 nitrogen and oxygen atoms in total. The Kier molecular flexibility index (Phi) is 5.81. The van der Waals surface area contributed by atoms with Gasteiger partial charge < -0.3 is 0 Å². The van der Waals surface area contributed by atoms with Crippen LogP contribution in [0, 0.1) is 0 Å². The minimum atomic E-state index is -2.43. The van der Waals surface area contributed by atoms with E-state index >= 15 is 0 Å². The van der Waals surface area contributed by atoms with Crippen molar-refractivity contribution in [1.29, 1.82) is 0 Å². The molecule has 2 aromatic carbocycles. The molecule has 0 aliphatic heterocycles. The summed E-state index contributed by atoms with van der Waals surface area (Å²) in [5.74, 6) is -0.151. The predicted octanol–water partition coefficient (Wildman–Crippen LogP) is 3.92. The third-order valence-electron chi connectivity index (χ3n) is 2.91. The van der Waals surface area contributed by atoms with E-state index in [-0.39, 0.29) is 12.2 Å². The smallest absolute Gasteiger partial charge is 0.294 e. The monoisotopic (exact) mass is 368 g/mol. The van der Waals surface area contributed by atoms with Crippen molar-refractivity contribution in [2.24, 2.45) is 0 Å². The van der Waals surface area contributed by atoms with Crippen LogP contribution >= 0.6 is 15.9 Å². The molecule has 1 N–H and O–H groups in total. The topological polar surface area (TPSA) is 63.6 Å². The van der Waals surface area contributed by atoms with E-state index in [0.717, 1.165) is 4.47 Å². The number of Topliss-reactive ketones (excluding diaryl/α,β-unsaturated/α-hetero) is 1. The Hall–Kier alpha value is -1.34. The molecule has 6 heteroatoms. The van der Waals surface area contributed by atoms with Crippen molar-refractivity contribution in [3.63, 3.8) is 0 Å². The molecule has 0 spiro atoms. The SMILES string of the molecule is O=C(CC(OS(=O)O)c1ccccc1)c1ccc(Br)cc1. The summed E-state index contributed by atoms with van der Waals surface area (Å²) in [4.78, 5) is 12.2. The van der Waals surface area contributed by atoms with Crippen LogP contribution in [0.2, 0.25) is 0 Å². The number of halogens is 1. The molecule has 0 saturated carbocycles. The highest BCUT2D eigenvalue weighted by molar-refractivity contribution is 9.10. The lowest BCUT2D eigenvalue weighted by Gasteiger charge is -2.14. The van der Waals surface area contributed by atoms with Crippen molar-refractivity contribution in [2.45, 2.75) is 12.5 Å². The Bertz CT molecular complexity index is 628. The number of hydrogen-bond donors (Lipinski definition) is 1. The fourth-order valence-corrected chi connectivity index (χ4v) is 2.54. The van der Waals surface area contributed by atoms with Gasteiger partial charge in [-0.2, -0.15) is 4.21 Å². The van der Waals surface area contributed by atoms with E-state index in [9.17, 15) is 9.00 Å². The van der Waals surface area contributed by atoms with E-state index < -0.39 is 17.5 Å². The van der Waals surface area contributed by atoms with Crippen molar-refractivity contribution >= 4 is 33.1 Å². The first-order chi connectivity index (χ1) is 10.1. The van der Waals surface area contributed by atoms with Gasteiger partial charge >= 0.3 is 11.4 Å². The van der Waals surface area contributed by atoms with Crippen LogP contribution in [0.15, 0.2) is 59.1 Å². The van der Waals surface area contributed by atoms with Gasteiger partial charge in [0.05, 0.1) is 0 Å². The molecular formula is C15H13BrO4S. The van der Waals surface area contributed by atoms with Gasteiger partial charge in [0.1, 0.15) is 6.10 Å². The molecule has 0 heterocycles. The second kappa shape index (κ2) is 7.61. The molecule has 0 bridgehead atoms. The van der Waals surface area contributed by atoms with Crippen LogP contribution in [-0.4, -0.2) is 14.5 Å². The Balaban J connectivity index is 2.17. The zero-order valence-electron chi connectivity index (χ0n) is 10.9. The van der Waals surface area contributed by atoms with E-state index in [4.69, 9.17) is 8.74 Å². The van der Waals surface area contributed by atoms with Gasteiger partial charge in [0.2, 0.25) is 0 Å². The number of rotatable bonds is 6. The molecule has 0 fully saturated rings. The van der Waals surface area contributed by atoms with Gasteiger partial charge in [0, 0.05) is 16.5 Å². The second-order valence-corrected chi connectivity index (χ2v) is 5.89. The van der Waals surface area contributed by atoms with Gasteiger partial charge in [-0.15, -0.1) is 0 Å². The third-order valence-corrected chi connectivity index (χ3v) is 3.83. The molecular weight excluding hydrogens is 356 g/mol. The van der Waals surface area contributed by atoms with Gasteiger partial charge in [-0.05, 0) is 17.7 Å². The normalized spacial score (nSPS) is 13.6. The molecule has 0 aromatic heterocycles.